The molecular weight excluding hydrogens is 394 g/mol. The second kappa shape index (κ2) is 8.25. The van der Waals surface area contributed by atoms with Gasteiger partial charge in [-0.15, -0.1) is 0 Å². The highest BCUT2D eigenvalue weighted by Gasteiger charge is 2.17. The minimum atomic E-state index is -1.39. The lowest BCUT2D eigenvalue weighted by Gasteiger charge is -2.13. The first-order valence-electron chi connectivity index (χ1n) is 9.57. The fourth-order valence-corrected chi connectivity index (χ4v) is 3.50. The summed E-state index contributed by atoms with van der Waals surface area (Å²) < 4.78 is 1.14. The van der Waals surface area contributed by atoms with Gasteiger partial charge in [-0.2, -0.15) is 0 Å². The molecular formula is C24H19N3O4. The number of benzene rings is 3. The molecule has 3 aromatic carbocycles. The van der Waals surface area contributed by atoms with Crippen LogP contribution >= 0.6 is 0 Å². The Morgan fingerprint density at radius 1 is 0.935 bits per heavy atom. The van der Waals surface area contributed by atoms with E-state index in [0.717, 1.165) is 27.5 Å². The number of hydrogen-bond acceptors (Lipinski definition) is 4. The number of amides is 1. The molecule has 0 spiro atoms. The number of carbonyl (C=O) groups is 2. The molecule has 0 fully saturated rings. The summed E-state index contributed by atoms with van der Waals surface area (Å²) in [6.45, 7) is 0.417. The third-order valence-corrected chi connectivity index (χ3v) is 5.04. The summed E-state index contributed by atoms with van der Waals surface area (Å²) in [7, 11) is 0. The summed E-state index contributed by atoms with van der Waals surface area (Å²) >= 11 is 0. The summed E-state index contributed by atoms with van der Waals surface area (Å²) in [5.41, 5.74) is 8.55. The highest BCUT2D eigenvalue weighted by atomic mass is 16.4. The Balaban J connectivity index is 1.68. The van der Waals surface area contributed by atoms with Gasteiger partial charge in [-0.25, -0.2) is 9.59 Å². The number of nitrogens with zero attached hydrogens (tertiary/aromatic N) is 1. The zero-order chi connectivity index (χ0) is 22.0. The number of para-hydroxylation sites is 1. The molecule has 154 valence electrons. The Morgan fingerprint density at radius 3 is 2.32 bits per heavy atom. The van der Waals surface area contributed by atoms with E-state index in [1.54, 1.807) is 30.3 Å². The molecule has 0 aliphatic carbocycles. The van der Waals surface area contributed by atoms with E-state index in [4.69, 9.17) is 5.73 Å². The van der Waals surface area contributed by atoms with Gasteiger partial charge in [0.05, 0.1) is 5.52 Å². The smallest absolute Gasteiger partial charge is 0.341 e. The average Bonchev–Trinajstić information content (AvgIpc) is 2.79. The molecule has 1 aromatic heterocycles. The number of carbonyl (C=O) groups excluding carboxylic acids is 1. The van der Waals surface area contributed by atoms with Crippen molar-refractivity contribution in [1.82, 2.24) is 4.57 Å². The number of aromatic nitrogens is 1. The number of nitrogens with two attached hydrogens (primary N) is 1. The topological polar surface area (TPSA) is 114 Å². The third kappa shape index (κ3) is 3.82. The van der Waals surface area contributed by atoms with Gasteiger partial charge >= 0.3 is 12.0 Å². The number of carboxylic acid groups (broad SMARTS) is 1. The summed E-state index contributed by atoms with van der Waals surface area (Å²) in [4.78, 5) is 36.8. The summed E-state index contributed by atoms with van der Waals surface area (Å²) in [6.07, 6.45) is 1.05. The number of fused-ring (bicyclic) bond motifs is 1. The largest absolute Gasteiger partial charge is 0.477 e. The molecule has 31 heavy (non-hydrogen) atoms. The van der Waals surface area contributed by atoms with Crippen molar-refractivity contribution in [3.8, 4) is 11.1 Å². The second-order valence-electron chi connectivity index (χ2n) is 6.93. The van der Waals surface area contributed by atoms with Crippen LogP contribution in [0.1, 0.15) is 15.9 Å². The summed E-state index contributed by atoms with van der Waals surface area (Å²) in [5, 5.41) is 12.3. The van der Waals surface area contributed by atoms with E-state index in [-0.39, 0.29) is 5.39 Å². The van der Waals surface area contributed by atoms with Crippen LogP contribution in [0.4, 0.5) is 10.5 Å². The molecule has 1 amide bonds. The highest BCUT2D eigenvalue weighted by molar-refractivity contribution is 6.00. The molecule has 4 rings (SSSR count). The van der Waals surface area contributed by atoms with E-state index in [0.29, 0.717) is 17.7 Å². The molecule has 4 aromatic rings. The first-order valence-corrected chi connectivity index (χ1v) is 9.57. The lowest BCUT2D eigenvalue weighted by Crippen LogP contribution is -2.25. The van der Waals surface area contributed by atoms with Gasteiger partial charge in [-0.05, 0) is 41.0 Å². The van der Waals surface area contributed by atoms with E-state index in [1.807, 2.05) is 36.4 Å². The van der Waals surface area contributed by atoms with Crippen LogP contribution in [0.15, 0.2) is 83.8 Å². The summed E-state index contributed by atoms with van der Waals surface area (Å²) in [5.74, 6) is -1.39. The molecule has 1 heterocycles. The van der Waals surface area contributed by atoms with E-state index in [9.17, 15) is 19.5 Å². The molecule has 7 heteroatoms. The lowest BCUT2D eigenvalue weighted by atomic mass is 9.99. The van der Waals surface area contributed by atoms with Gasteiger partial charge in [0.15, 0.2) is 0 Å². The zero-order valence-corrected chi connectivity index (χ0v) is 16.4. The third-order valence-electron chi connectivity index (χ3n) is 5.04. The van der Waals surface area contributed by atoms with Crippen LogP contribution in [0.2, 0.25) is 0 Å². The van der Waals surface area contributed by atoms with Crippen molar-refractivity contribution in [2.45, 2.75) is 6.54 Å². The predicted molar refractivity (Wildman–Crippen MR) is 119 cm³/mol. The van der Waals surface area contributed by atoms with Gasteiger partial charge in [-0.1, -0.05) is 48.5 Å². The standard InChI is InChI=1S/C24H19N3O4/c25-13-16-5-1-2-6-18(16)15-9-11-17(12-10-15)26-24(31)27-14-20(23(29)30)22(28)19-7-3-4-8-21(19)27/h1-12,14H,13,25H2,(H,26,31)(H,29,30). The fourth-order valence-electron chi connectivity index (χ4n) is 3.50. The Kier molecular flexibility index (Phi) is 5.34. The molecule has 0 radical (unpaired) electrons. The monoisotopic (exact) mass is 413 g/mol. The van der Waals surface area contributed by atoms with Crippen molar-refractivity contribution in [2.24, 2.45) is 5.73 Å². The maximum Gasteiger partial charge on any atom is 0.341 e. The second-order valence-corrected chi connectivity index (χ2v) is 6.93. The van der Waals surface area contributed by atoms with Gasteiger partial charge in [-0.3, -0.25) is 9.36 Å². The molecule has 0 unspecified atom stereocenters. The van der Waals surface area contributed by atoms with Gasteiger partial charge in [0.25, 0.3) is 0 Å². The number of carboxylic acids is 1. The fraction of sp³-hybridized carbons (Fsp3) is 0.0417. The van der Waals surface area contributed by atoms with E-state index < -0.39 is 23.0 Å². The number of pyridine rings is 1. The van der Waals surface area contributed by atoms with E-state index in [1.165, 1.54) is 6.07 Å². The van der Waals surface area contributed by atoms with Crippen molar-refractivity contribution >= 4 is 28.6 Å². The van der Waals surface area contributed by atoms with Gasteiger partial charge < -0.3 is 16.2 Å². The summed E-state index contributed by atoms with van der Waals surface area (Å²) in [6, 6.07) is 20.9. The molecule has 0 atom stereocenters. The number of anilines is 1. The van der Waals surface area contributed by atoms with Crippen LogP contribution in [0.25, 0.3) is 22.0 Å². The van der Waals surface area contributed by atoms with Crippen LogP contribution in [-0.4, -0.2) is 21.7 Å². The molecule has 0 bridgehead atoms. The Bertz CT molecular complexity index is 1360. The number of hydrogen-bond donors (Lipinski definition) is 3. The van der Waals surface area contributed by atoms with Crippen molar-refractivity contribution in [2.75, 3.05) is 5.32 Å². The van der Waals surface area contributed by atoms with Gasteiger partial charge in [0.2, 0.25) is 5.43 Å². The predicted octanol–water partition coefficient (Wildman–Crippen LogP) is 3.91. The van der Waals surface area contributed by atoms with Crippen molar-refractivity contribution < 1.29 is 14.7 Å². The molecule has 4 N–H and O–H groups in total. The number of nitrogens with one attached hydrogen (secondary N) is 1. The zero-order valence-electron chi connectivity index (χ0n) is 16.4. The maximum absolute atomic E-state index is 12.9. The molecule has 7 nitrogen and oxygen atoms in total. The van der Waals surface area contributed by atoms with Crippen LogP contribution in [0, 0.1) is 0 Å². The van der Waals surface area contributed by atoms with Gasteiger partial charge in [0, 0.05) is 23.8 Å². The molecule has 0 aliphatic heterocycles. The Labute approximate surface area is 177 Å². The van der Waals surface area contributed by atoms with Crippen LogP contribution in [-0.2, 0) is 6.54 Å². The minimum absolute atomic E-state index is 0.159. The molecule has 0 saturated heterocycles. The SMILES string of the molecule is NCc1ccccc1-c1ccc(NC(=O)n2cc(C(=O)O)c(=O)c3ccccc32)cc1. The number of aromatic carboxylic acids is 1. The molecule has 0 saturated carbocycles. The number of rotatable bonds is 4. The highest BCUT2D eigenvalue weighted by Crippen LogP contribution is 2.25. The first-order chi connectivity index (χ1) is 15.0. The van der Waals surface area contributed by atoms with Gasteiger partial charge in [0.1, 0.15) is 5.56 Å². The Morgan fingerprint density at radius 2 is 1.61 bits per heavy atom. The lowest BCUT2D eigenvalue weighted by molar-refractivity contribution is 0.0695. The maximum atomic E-state index is 12.9. The van der Waals surface area contributed by atoms with Crippen LogP contribution in [0.5, 0.6) is 0 Å². The quantitative estimate of drug-likeness (QED) is 0.469. The molecule has 0 aliphatic rings. The van der Waals surface area contributed by atoms with Crippen molar-refractivity contribution in [3.05, 3.63) is 100 Å². The normalized spacial score (nSPS) is 10.7. The first kappa shape index (κ1) is 20.1. The van der Waals surface area contributed by atoms with Crippen molar-refractivity contribution in [1.29, 1.82) is 0 Å². The van der Waals surface area contributed by atoms with E-state index in [2.05, 4.69) is 5.32 Å². The van der Waals surface area contributed by atoms with Crippen LogP contribution < -0.4 is 16.5 Å². The van der Waals surface area contributed by atoms with Crippen LogP contribution in [0.3, 0.4) is 0 Å². The van der Waals surface area contributed by atoms with E-state index >= 15 is 0 Å². The Hall–Kier alpha value is -4.23. The van der Waals surface area contributed by atoms with Crippen molar-refractivity contribution in [3.63, 3.8) is 0 Å². The minimum Gasteiger partial charge on any atom is -0.477 e. The average molecular weight is 413 g/mol.